The second kappa shape index (κ2) is 17.3. The first-order valence-corrected chi connectivity index (χ1v) is 11.2. The lowest BCUT2D eigenvalue weighted by Gasteiger charge is -2.28. The van der Waals surface area contributed by atoms with E-state index in [2.05, 4.69) is 6.92 Å². The molecule has 2 atom stereocenters. The largest absolute Gasteiger partial charge is 0.394 e. The lowest BCUT2D eigenvalue weighted by atomic mass is 10.0. The number of aliphatic hydroxyl groups excluding tert-OH is 1. The molecule has 1 fully saturated rings. The summed E-state index contributed by atoms with van der Waals surface area (Å²) in [6.45, 7) is 3.57. The Balaban J connectivity index is 1.71. The second-order valence-electron chi connectivity index (χ2n) is 7.83. The van der Waals surface area contributed by atoms with Crippen molar-refractivity contribution in [3.8, 4) is 0 Å². The summed E-state index contributed by atoms with van der Waals surface area (Å²) in [7, 11) is 0. The van der Waals surface area contributed by atoms with Crippen LogP contribution >= 0.6 is 0 Å². The fourth-order valence-electron chi connectivity index (χ4n) is 3.60. The van der Waals surface area contributed by atoms with E-state index in [1.807, 2.05) is 0 Å². The lowest BCUT2D eigenvalue weighted by molar-refractivity contribution is -0.146. The van der Waals surface area contributed by atoms with Crippen LogP contribution in [0, 0.1) is 0 Å². The Hall–Kier alpha value is -0.120. The van der Waals surface area contributed by atoms with Gasteiger partial charge < -0.3 is 14.6 Å². The van der Waals surface area contributed by atoms with E-state index in [9.17, 15) is 0 Å². The number of hydrogen-bond acceptors (Lipinski definition) is 3. The summed E-state index contributed by atoms with van der Waals surface area (Å²) in [6.07, 6.45) is 22.3. The highest BCUT2D eigenvalue weighted by molar-refractivity contribution is 4.67. The van der Waals surface area contributed by atoms with Gasteiger partial charge in [-0.15, -0.1) is 0 Å². The molecule has 1 heterocycles. The first kappa shape index (κ1) is 22.9. The third-order valence-corrected chi connectivity index (χ3v) is 5.37. The summed E-state index contributed by atoms with van der Waals surface area (Å²) in [5.74, 6) is 0. The fourth-order valence-corrected chi connectivity index (χ4v) is 3.60. The molecule has 1 rings (SSSR count). The van der Waals surface area contributed by atoms with Gasteiger partial charge in [0, 0.05) is 0 Å². The third-order valence-electron chi connectivity index (χ3n) is 5.37. The van der Waals surface area contributed by atoms with Crippen molar-refractivity contribution in [3.63, 3.8) is 0 Å². The number of ether oxygens (including phenoxy) is 2. The standard InChI is InChI=1S/C22H44O3/c1-2-3-4-5-6-7-8-9-10-11-12-13-14-15-16-17-21-19-25-22(18-23)20-24-21/h21-23H,2-20H2,1H3/t21-,22+/m0/s1. The van der Waals surface area contributed by atoms with Crippen molar-refractivity contribution < 1.29 is 14.6 Å². The van der Waals surface area contributed by atoms with Gasteiger partial charge in [-0.1, -0.05) is 103 Å². The van der Waals surface area contributed by atoms with Gasteiger partial charge >= 0.3 is 0 Å². The summed E-state index contributed by atoms with van der Waals surface area (Å²) in [5.41, 5.74) is 0. The van der Waals surface area contributed by atoms with E-state index in [0.717, 1.165) is 6.42 Å². The van der Waals surface area contributed by atoms with Crippen LogP contribution < -0.4 is 0 Å². The average Bonchev–Trinajstić information content (AvgIpc) is 2.65. The van der Waals surface area contributed by atoms with Crippen molar-refractivity contribution in [1.29, 1.82) is 0 Å². The van der Waals surface area contributed by atoms with E-state index in [0.29, 0.717) is 13.2 Å². The van der Waals surface area contributed by atoms with Gasteiger partial charge in [-0.25, -0.2) is 0 Å². The molecule has 0 amide bonds. The zero-order valence-electron chi connectivity index (χ0n) is 16.9. The van der Waals surface area contributed by atoms with E-state index < -0.39 is 0 Å². The molecule has 0 saturated carbocycles. The molecule has 3 heteroatoms. The van der Waals surface area contributed by atoms with E-state index in [-0.39, 0.29) is 18.8 Å². The van der Waals surface area contributed by atoms with Gasteiger partial charge in [0.25, 0.3) is 0 Å². The molecule has 0 aliphatic carbocycles. The minimum absolute atomic E-state index is 0.0751. The van der Waals surface area contributed by atoms with Crippen LogP contribution in [0.4, 0.5) is 0 Å². The quantitative estimate of drug-likeness (QED) is 0.324. The summed E-state index contributed by atoms with van der Waals surface area (Å²) >= 11 is 0. The zero-order valence-corrected chi connectivity index (χ0v) is 16.9. The van der Waals surface area contributed by atoms with Crippen molar-refractivity contribution >= 4 is 0 Å². The number of hydrogen-bond donors (Lipinski definition) is 1. The molecule has 1 N–H and O–H groups in total. The molecule has 0 aromatic heterocycles. The molecule has 1 aliphatic rings. The summed E-state index contributed by atoms with van der Waals surface area (Å²) < 4.78 is 11.3. The van der Waals surface area contributed by atoms with Gasteiger partial charge in [-0.3, -0.25) is 0 Å². The monoisotopic (exact) mass is 356 g/mol. The first-order valence-electron chi connectivity index (χ1n) is 11.2. The Bertz CT molecular complexity index is 262. The van der Waals surface area contributed by atoms with Crippen LogP contribution in [0.3, 0.4) is 0 Å². The van der Waals surface area contributed by atoms with Crippen molar-refractivity contribution in [1.82, 2.24) is 0 Å². The summed E-state index contributed by atoms with van der Waals surface area (Å²) in [5, 5.41) is 8.99. The van der Waals surface area contributed by atoms with Crippen LogP contribution in [0.2, 0.25) is 0 Å². The predicted octanol–water partition coefficient (Wildman–Crippen LogP) is 6.02. The second-order valence-corrected chi connectivity index (χ2v) is 7.83. The average molecular weight is 357 g/mol. The van der Waals surface area contributed by atoms with Crippen molar-refractivity contribution in [2.75, 3.05) is 19.8 Å². The Morgan fingerprint density at radius 2 is 1.00 bits per heavy atom. The Kier molecular flexibility index (Phi) is 15.9. The van der Waals surface area contributed by atoms with Gasteiger partial charge in [0.2, 0.25) is 0 Å². The maximum atomic E-state index is 8.99. The zero-order chi connectivity index (χ0) is 18.0. The molecular weight excluding hydrogens is 312 g/mol. The molecule has 0 unspecified atom stereocenters. The molecule has 0 spiro atoms. The van der Waals surface area contributed by atoms with Gasteiger partial charge in [0.1, 0.15) is 6.10 Å². The molecule has 1 saturated heterocycles. The molecule has 25 heavy (non-hydrogen) atoms. The van der Waals surface area contributed by atoms with Crippen molar-refractivity contribution in [2.45, 2.75) is 122 Å². The molecule has 0 radical (unpaired) electrons. The SMILES string of the molecule is CCCCCCCCCCCCCCCCC[C@H]1CO[C@H](CO)CO1. The molecule has 0 aromatic carbocycles. The van der Waals surface area contributed by atoms with E-state index in [1.165, 1.54) is 96.3 Å². The molecule has 1 aliphatic heterocycles. The van der Waals surface area contributed by atoms with Gasteiger partial charge in [-0.05, 0) is 6.42 Å². The van der Waals surface area contributed by atoms with E-state index in [4.69, 9.17) is 14.6 Å². The molecule has 150 valence electrons. The predicted molar refractivity (Wildman–Crippen MR) is 106 cm³/mol. The highest BCUT2D eigenvalue weighted by Crippen LogP contribution is 2.16. The van der Waals surface area contributed by atoms with E-state index in [1.54, 1.807) is 0 Å². The Morgan fingerprint density at radius 1 is 0.600 bits per heavy atom. The minimum atomic E-state index is -0.0997. The normalized spacial score (nSPS) is 20.9. The van der Waals surface area contributed by atoms with Crippen molar-refractivity contribution in [2.24, 2.45) is 0 Å². The summed E-state index contributed by atoms with van der Waals surface area (Å²) in [4.78, 5) is 0. The smallest absolute Gasteiger partial charge is 0.104 e. The van der Waals surface area contributed by atoms with Crippen LogP contribution in [-0.2, 0) is 9.47 Å². The van der Waals surface area contributed by atoms with Gasteiger partial charge in [0.15, 0.2) is 0 Å². The molecular formula is C22H44O3. The third kappa shape index (κ3) is 13.7. The van der Waals surface area contributed by atoms with Gasteiger partial charge in [0.05, 0.1) is 25.9 Å². The van der Waals surface area contributed by atoms with Crippen LogP contribution in [0.25, 0.3) is 0 Å². The lowest BCUT2D eigenvalue weighted by Crippen LogP contribution is -2.37. The highest BCUT2D eigenvalue weighted by atomic mass is 16.6. The summed E-state index contributed by atoms with van der Waals surface area (Å²) in [6, 6.07) is 0. The fraction of sp³-hybridized carbons (Fsp3) is 1.00. The van der Waals surface area contributed by atoms with Crippen LogP contribution in [0.5, 0.6) is 0 Å². The Labute approximate surface area is 156 Å². The van der Waals surface area contributed by atoms with Crippen LogP contribution in [0.1, 0.15) is 110 Å². The van der Waals surface area contributed by atoms with E-state index >= 15 is 0 Å². The topological polar surface area (TPSA) is 38.7 Å². The van der Waals surface area contributed by atoms with Gasteiger partial charge in [-0.2, -0.15) is 0 Å². The number of unbranched alkanes of at least 4 members (excludes halogenated alkanes) is 14. The number of aliphatic hydroxyl groups is 1. The van der Waals surface area contributed by atoms with Crippen molar-refractivity contribution in [3.05, 3.63) is 0 Å². The molecule has 0 aromatic rings. The number of rotatable bonds is 17. The minimum Gasteiger partial charge on any atom is -0.394 e. The molecule has 0 bridgehead atoms. The maximum Gasteiger partial charge on any atom is 0.104 e. The van der Waals surface area contributed by atoms with Crippen LogP contribution in [0.15, 0.2) is 0 Å². The highest BCUT2D eigenvalue weighted by Gasteiger charge is 2.20. The van der Waals surface area contributed by atoms with Crippen LogP contribution in [-0.4, -0.2) is 37.1 Å². The Morgan fingerprint density at radius 3 is 1.40 bits per heavy atom. The molecule has 3 nitrogen and oxygen atoms in total. The first-order chi connectivity index (χ1) is 12.4. The maximum absolute atomic E-state index is 8.99.